The van der Waals surface area contributed by atoms with Crippen molar-refractivity contribution in [1.82, 2.24) is 14.8 Å². The zero-order chi connectivity index (χ0) is 17.0. The van der Waals surface area contributed by atoms with Crippen LogP contribution in [0.5, 0.6) is 0 Å². The van der Waals surface area contributed by atoms with E-state index in [0.717, 1.165) is 0 Å². The fourth-order valence-corrected chi connectivity index (χ4v) is 2.89. The number of nitrogens with zero attached hydrogens (tertiary/aromatic N) is 3. The Labute approximate surface area is 144 Å². The highest BCUT2D eigenvalue weighted by Gasteiger charge is 2.43. The van der Waals surface area contributed by atoms with Crippen LogP contribution in [0.4, 0.5) is 0 Å². The van der Waals surface area contributed by atoms with E-state index < -0.39 is 17.5 Å². The molecule has 1 N–H and O–H groups in total. The van der Waals surface area contributed by atoms with Crippen molar-refractivity contribution in [3.63, 3.8) is 0 Å². The SMILES string of the molecule is CCOC(=O)C(C)C(O)(Cn1cncn1)c1ccc(Cl)cc1Cl. The van der Waals surface area contributed by atoms with Crippen LogP contribution >= 0.6 is 23.2 Å². The molecule has 0 aliphatic rings. The van der Waals surface area contributed by atoms with Crippen LogP contribution in [0.1, 0.15) is 19.4 Å². The number of aliphatic hydroxyl groups is 1. The summed E-state index contributed by atoms with van der Waals surface area (Å²) < 4.78 is 6.47. The van der Waals surface area contributed by atoms with E-state index in [1.54, 1.807) is 26.0 Å². The topological polar surface area (TPSA) is 77.2 Å². The van der Waals surface area contributed by atoms with Gasteiger partial charge in [0.05, 0.1) is 19.1 Å². The molecule has 0 amide bonds. The van der Waals surface area contributed by atoms with Crippen LogP contribution in [0.15, 0.2) is 30.9 Å². The average molecular weight is 358 g/mol. The van der Waals surface area contributed by atoms with Gasteiger partial charge in [0.2, 0.25) is 0 Å². The van der Waals surface area contributed by atoms with E-state index in [-0.39, 0.29) is 18.2 Å². The Morgan fingerprint density at radius 1 is 1.48 bits per heavy atom. The molecule has 1 aromatic carbocycles. The van der Waals surface area contributed by atoms with E-state index >= 15 is 0 Å². The minimum Gasteiger partial charge on any atom is -0.466 e. The first kappa shape index (κ1) is 17.7. The Morgan fingerprint density at radius 2 is 2.22 bits per heavy atom. The summed E-state index contributed by atoms with van der Waals surface area (Å²) in [6.07, 6.45) is 2.80. The summed E-state index contributed by atoms with van der Waals surface area (Å²) in [5.41, 5.74) is -1.25. The van der Waals surface area contributed by atoms with Gasteiger partial charge in [-0.05, 0) is 26.0 Å². The van der Waals surface area contributed by atoms with Gasteiger partial charge in [0.15, 0.2) is 0 Å². The zero-order valence-corrected chi connectivity index (χ0v) is 14.3. The second kappa shape index (κ2) is 7.29. The molecule has 6 nitrogen and oxygen atoms in total. The standard InChI is InChI=1S/C15H17Cl2N3O3/c1-3-23-14(21)10(2)15(22,7-20-9-18-8-19-20)12-5-4-11(16)6-13(12)17/h4-6,8-10,22H,3,7H2,1-2H3. The molecule has 8 heteroatoms. The first-order valence-corrected chi connectivity index (χ1v) is 7.81. The van der Waals surface area contributed by atoms with Gasteiger partial charge < -0.3 is 9.84 Å². The molecule has 2 rings (SSSR count). The molecule has 2 unspecified atom stereocenters. The van der Waals surface area contributed by atoms with Gasteiger partial charge in [-0.15, -0.1) is 0 Å². The minimum atomic E-state index is -1.62. The summed E-state index contributed by atoms with van der Waals surface area (Å²) >= 11 is 12.2. The molecule has 0 aliphatic heterocycles. The molecule has 1 heterocycles. The summed E-state index contributed by atoms with van der Waals surface area (Å²) in [6.45, 7) is 3.50. The molecule has 0 fully saturated rings. The molecule has 2 aromatic rings. The van der Waals surface area contributed by atoms with E-state index in [4.69, 9.17) is 27.9 Å². The average Bonchev–Trinajstić information content (AvgIpc) is 2.99. The Kier molecular flexibility index (Phi) is 5.62. The van der Waals surface area contributed by atoms with Crippen LogP contribution in [-0.4, -0.2) is 32.4 Å². The van der Waals surface area contributed by atoms with Crippen LogP contribution in [-0.2, 0) is 21.7 Å². The van der Waals surface area contributed by atoms with Crippen molar-refractivity contribution >= 4 is 29.2 Å². The molecule has 0 radical (unpaired) electrons. The predicted octanol–water partition coefficient (Wildman–Crippen LogP) is 2.67. The maximum absolute atomic E-state index is 12.2. The summed E-state index contributed by atoms with van der Waals surface area (Å²) in [4.78, 5) is 16.0. The molecule has 0 bridgehead atoms. The molecule has 23 heavy (non-hydrogen) atoms. The fraction of sp³-hybridized carbons (Fsp3) is 0.400. The number of benzene rings is 1. The van der Waals surface area contributed by atoms with Crippen molar-refractivity contribution in [2.24, 2.45) is 5.92 Å². The molecule has 0 spiro atoms. The van der Waals surface area contributed by atoms with Crippen molar-refractivity contribution in [2.45, 2.75) is 26.0 Å². The van der Waals surface area contributed by atoms with E-state index in [1.807, 2.05) is 0 Å². The zero-order valence-electron chi connectivity index (χ0n) is 12.7. The van der Waals surface area contributed by atoms with Crippen molar-refractivity contribution < 1.29 is 14.6 Å². The Balaban J connectivity index is 2.47. The third-order valence-corrected chi connectivity index (χ3v) is 4.17. The number of halogens is 2. The highest BCUT2D eigenvalue weighted by molar-refractivity contribution is 6.35. The molecular weight excluding hydrogens is 341 g/mol. The van der Waals surface area contributed by atoms with Gasteiger partial charge in [-0.1, -0.05) is 29.3 Å². The number of hydrogen-bond acceptors (Lipinski definition) is 5. The van der Waals surface area contributed by atoms with Crippen molar-refractivity contribution in [3.8, 4) is 0 Å². The summed E-state index contributed by atoms with van der Waals surface area (Å²) in [7, 11) is 0. The third kappa shape index (κ3) is 3.83. The van der Waals surface area contributed by atoms with Crippen molar-refractivity contribution in [1.29, 1.82) is 0 Å². The fourth-order valence-electron chi connectivity index (χ4n) is 2.32. The highest BCUT2D eigenvalue weighted by Crippen LogP contribution is 2.37. The third-order valence-electron chi connectivity index (χ3n) is 3.62. The van der Waals surface area contributed by atoms with Gasteiger partial charge in [-0.3, -0.25) is 4.79 Å². The number of rotatable bonds is 6. The lowest BCUT2D eigenvalue weighted by molar-refractivity contribution is -0.159. The van der Waals surface area contributed by atoms with Crippen LogP contribution in [0, 0.1) is 5.92 Å². The molecule has 1 aromatic heterocycles. The summed E-state index contributed by atoms with van der Waals surface area (Å²) in [6, 6.07) is 4.72. The monoisotopic (exact) mass is 357 g/mol. The molecule has 2 atom stereocenters. The van der Waals surface area contributed by atoms with E-state index in [1.165, 1.54) is 23.4 Å². The number of carbonyl (C=O) groups excluding carboxylic acids is 1. The Morgan fingerprint density at radius 3 is 2.78 bits per heavy atom. The molecule has 124 valence electrons. The van der Waals surface area contributed by atoms with Gasteiger partial charge in [0.25, 0.3) is 0 Å². The van der Waals surface area contributed by atoms with Crippen LogP contribution in [0.2, 0.25) is 10.0 Å². The second-order valence-electron chi connectivity index (χ2n) is 5.12. The lowest BCUT2D eigenvalue weighted by atomic mass is 9.82. The Bertz CT molecular complexity index is 679. The molecule has 0 saturated heterocycles. The van der Waals surface area contributed by atoms with Gasteiger partial charge in [0, 0.05) is 15.6 Å². The smallest absolute Gasteiger partial charge is 0.312 e. The first-order valence-electron chi connectivity index (χ1n) is 7.05. The first-order chi connectivity index (χ1) is 10.9. The molecular formula is C15H17Cl2N3O3. The lowest BCUT2D eigenvalue weighted by Crippen LogP contribution is -2.43. The van der Waals surface area contributed by atoms with Gasteiger partial charge in [0.1, 0.15) is 18.3 Å². The number of carbonyl (C=O) groups is 1. The largest absolute Gasteiger partial charge is 0.466 e. The van der Waals surface area contributed by atoms with Crippen LogP contribution < -0.4 is 0 Å². The number of esters is 1. The van der Waals surface area contributed by atoms with Gasteiger partial charge in [-0.25, -0.2) is 9.67 Å². The normalized spacial score (nSPS) is 15.0. The lowest BCUT2D eigenvalue weighted by Gasteiger charge is -2.33. The van der Waals surface area contributed by atoms with Crippen LogP contribution in [0.3, 0.4) is 0 Å². The highest BCUT2D eigenvalue weighted by atomic mass is 35.5. The maximum atomic E-state index is 12.2. The van der Waals surface area contributed by atoms with Crippen molar-refractivity contribution in [2.75, 3.05) is 6.61 Å². The van der Waals surface area contributed by atoms with Gasteiger partial charge in [-0.2, -0.15) is 5.10 Å². The number of ether oxygens (including phenoxy) is 1. The van der Waals surface area contributed by atoms with Crippen LogP contribution in [0.25, 0.3) is 0 Å². The Hall–Kier alpha value is -1.63. The summed E-state index contributed by atoms with van der Waals surface area (Å²) in [5.74, 6) is -1.40. The summed E-state index contributed by atoms with van der Waals surface area (Å²) in [5, 5.41) is 16.0. The molecule has 0 aliphatic carbocycles. The molecule has 0 saturated carbocycles. The van der Waals surface area contributed by atoms with Crippen molar-refractivity contribution in [3.05, 3.63) is 46.5 Å². The van der Waals surface area contributed by atoms with E-state index in [9.17, 15) is 9.90 Å². The van der Waals surface area contributed by atoms with Gasteiger partial charge >= 0.3 is 5.97 Å². The number of aromatic nitrogens is 3. The maximum Gasteiger partial charge on any atom is 0.312 e. The predicted molar refractivity (Wildman–Crippen MR) is 86.2 cm³/mol. The quantitative estimate of drug-likeness (QED) is 0.804. The van der Waals surface area contributed by atoms with E-state index in [2.05, 4.69) is 10.1 Å². The van der Waals surface area contributed by atoms with E-state index in [0.29, 0.717) is 10.6 Å². The minimum absolute atomic E-state index is 0.00562. The number of hydrogen-bond donors (Lipinski definition) is 1. The second-order valence-corrected chi connectivity index (χ2v) is 5.96.